The van der Waals surface area contributed by atoms with Crippen molar-refractivity contribution in [2.75, 3.05) is 7.11 Å². The number of hydrogen-bond acceptors (Lipinski definition) is 4. The number of aromatic nitrogens is 5. The summed E-state index contributed by atoms with van der Waals surface area (Å²) in [4.78, 5) is 12.3. The Hall–Kier alpha value is -1.98. The van der Waals surface area contributed by atoms with Gasteiger partial charge in [0.05, 0.1) is 19.5 Å². The summed E-state index contributed by atoms with van der Waals surface area (Å²) < 4.78 is 6.69. The van der Waals surface area contributed by atoms with Crippen LogP contribution >= 0.6 is 0 Å². The molecular weight excluding hydrogens is 182 g/mol. The van der Waals surface area contributed by atoms with Crippen LogP contribution in [0.4, 0.5) is 0 Å². The number of aromatic amines is 1. The Morgan fingerprint density at radius 3 is 2.93 bits per heavy atom. The van der Waals surface area contributed by atoms with E-state index >= 15 is 0 Å². The molecule has 0 aliphatic heterocycles. The number of nitrogens with zero attached hydrogens (tertiary/aromatic N) is 4. The Morgan fingerprint density at radius 2 is 2.29 bits per heavy atom. The highest BCUT2D eigenvalue weighted by molar-refractivity contribution is 5.46. The SMILES string of the molecule is COc1cncc(-c2nc[n+](C)[nH]2)n1. The van der Waals surface area contributed by atoms with E-state index in [1.165, 1.54) is 0 Å². The minimum Gasteiger partial charge on any atom is -0.480 e. The molecule has 0 aliphatic rings. The van der Waals surface area contributed by atoms with Gasteiger partial charge in [-0.2, -0.15) is 9.78 Å². The molecule has 2 heterocycles. The van der Waals surface area contributed by atoms with E-state index in [9.17, 15) is 0 Å². The maximum Gasteiger partial charge on any atom is 0.307 e. The molecule has 0 saturated carbocycles. The molecule has 1 N–H and O–H groups in total. The van der Waals surface area contributed by atoms with Crippen LogP contribution in [0.1, 0.15) is 0 Å². The van der Waals surface area contributed by atoms with E-state index in [0.29, 0.717) is 17.4 Å². The van der Waals surface area contributed by atoms with Crippen molar-refractivity contribution in [2.24, 2.45) is 7.05 Å². The molecule has 0 spiro atoms. The molecule has 2 aromatic rings. The number of ether oxygens (including phenoxy) is 1. The average molecular weight is 192 g/mol. The summed E-state index contributed by atoms with van der Waals surface area (Å²) >= 11 is 0. The second kappa shape index (κ2) is 3.41. The van der Waals surface area contributed by atoms with Crippen LogP contribution in [-0.2, 0) is 7.05 Å². The standard InChI is InChI=1S/C8H9N5O/c1-13-5-10-8(12-13)6-3-9-4-7(11-6)14-2/h3-5H,1-2H3/p+1. The first kappa shape index (κ1) is 8.61. The molecule has 0 bridgehead atoms. The molecule has 0 amide bonds. The van der Waals surface area contributed by atoms with Crippen LogP contribution in [0.2, 0.25) is 0 Å². The number of methoxy groups -OCH3 is 1. The molecular formula is C8H10N5O+. The quantitative estimate of drug-likeness (QED) is 0.663. The summed E-state index contributed by atoms with van der Waals surface area (Å²) in [7, 11) is 3.40. The summed E-state index contributed by atoms with van der Waals surface area (Å²) in [5.74, 6) is 1.14. The Morgan fingerprint density at radius 1 is 1.43 bits per heavy atom. The molecule has 72 valence electrons. The first-order valence-electron chi connectivity index (χ1n) is 4.06. The van der Waals surface area contributed by atoms with Crippen LogP contribution in [0, 0.1) is 0 Å². The molecule has 14 heavy (non-hydrogen) atoms. The number of hydrogen-bond donors (Lipinski definition) is 1. The number of H-pyrrole nitrogens is 1. The molecule has 0 fully saturated rings. The predicted octanol–water partition coefficient (Wildman–Crippen LogP) is -0.300. The normalized spacial score (nSPS) is 10.1. The van der Waals surface area contributed by atoms with Crippen LogP contribution in [0.25, 0.3) is 11.5 Å². The van der Waals surface area contributed by atoms with Gasteiger partial charge in [0.25, 0.3) is 0 Å². The average Bonchev–Trinajstić information content (AvgIpc) is 2.65. The molecule has 6 heteroatoms. The Bertz CT molecular complexity index is 439. The largest absolute Gasteiger partial charge is 0.480 e. The van der Waals surface area contributed by atoms with E-state index < -0.39 is 0 Å². The van der Waals surface area contributed by atoms with Gasteiger partial charge in [-0.3, -0.25) is 4.98 Å². The molecule has 0 radical (unpaired) electrons. The Kier molecular flexibility index (Phi) is 2.10. The van der Waals surface area contributed by atoms with E-state index in [-0.39, 0.29) is 0 Å². The number of nitrogens with one attached hydrogen (secondary N) is 1. The topological polar surface area (TPSA) is 67.6 Å². The fourth-order valence-electron chi connectivity index (χ4n) is 1.05. The minimum atomic E-state index is 0.474. The van der Waals surface area contributed by atoms with Crippen molar-refractivity contribution in [3.63, 3.8) is 0 Å². The summed E-state index contributed by atoms with van der Waals surface area (Å²) in [6.07, 6.45) is 4.84. The van der Waals surface area contributed by atoms with Gasteiger partial charge in [0.2, 0.25) is 5.88 Å². The first-order valence-corrected chi connectivity index (χ1v) is 4.06. The summed E-state index contributed by atoms with van der Waals surface area (Å²) in [5, 5.41) is 2.99. The van der Waals surface area contributed by atoms with Crippen LogP contribution in [0.3, 0.4) is 0 Å². The third-order valence-corrected chi connectivity index (χ3v) is 1.71. The molecule has 0 aromatic carbocycles. The number of aryl methyl sites for hydroxylation is 1. The lowest BCUT2D eigenvalue weighted by Crippen LogP contribution is -2.28. The third-order valence-electron chi connectivity index (χ3n) is 1.71. The second-order valence-electron chi connectivity index (χ2n) is 2.76. The smallest absolute Gasteiger partial charge is 0.307 e. The summed E-state index contributed by atoms with van der Waals surface area (Å²) in [5.41, 5.74) is 0.657. The van der Waals surface area contributed by atoms with Crippen molar-refractivity contribution in [1.29, 1.82) is 0 Å². The van der Waals surface area contributed by atoms with Gasteiger partial charge in [0, 0.05) is 0 Å². The van der Waals surface area contributed by atoms with Gasteiger partial charge in [0.15, 0.2) is 5.69 Å². The van der Waals surface area contributed by atoms with E-state index in [0.717, 1.165) is 0 Å². The predicted molar refractivity (Wildman–Crippen MR) is 47.3 cm³/mol. The van der Waals surface area contributed by atoms with E-state index in [2.05, 4.69) is 20.1 Å². The van der Waals surface area contributed by atoms with Gasteiger partial charge in [-0.1, -0.05) is 0 Å². The lowest BCUT2D eigenvalue weighted by molar-refractivity contribution is -0.727. The molecule has 0 atom stereocenters. The van der Waals surface area contributed by atoms with Crippen molar-refractivity contribution in [1.82, 2.24) is 20.1 Å². The zero-order valence-electron chi connectivity index (χ0n) is 7.93. The maximum atomic E-state index is 4.96. The van der Waals surface area contributed by atoms with Crippen LogP contribution in [0.5, 0.6) is 5.88 Å². The Balaban J connectivity index is 2.41. The van der Waals surface area contributed by atoms with Crippen molar-refractivity contribution >= 4 is 0 Å². The van der Waals surface area contributed by atoms with E-state index in [4.69, 9.17) is 4.74 Å². The lowest BCUT2D eigenvalue weighted by atomic mass is 10.4. The third kappa shape index (κ3) is 1.54. The van der Waals surface area contributed by atoms with Crippen molar-refractivity contribution in [3.05, 3.63) is 18.7 Å². The van der Waals surface area contributed by atoms with Gasteiger partial charge < -0.3 is 4.74 Å². The van der Waals surface area contributed by atoms with E-state index in [1.807, 2.05) is 7.05 Å². The van der Waals surface area contributed by atoms with Crippen LogP contribution in [0.15, 0.2) is 18.7 Å². The number of rotatable bonds is 2. The fraction of sp³-hybridized carbons (Fsp3) is 0.250. The maximum absolute atomic E-state index is 4.96. The fourth-order valence-corrected chi connectivity index (χ4v) is 1.05. The monoisotopic (exact) mass is 192 g/mol. The molecule has 2 rings (SSSR count). The summed E-state index contributed by atoms with van der Waals surface area (Å²) in [6, 6.07) is 0. The van der Waals surface area contributed by atoms with Gasteiger partial charge in [0.1, 0.15) is 7.05 Å². The highest BCUT2D eigenvalue weighted by atomic mass is 16.5. The highest BCUT2D eigenvalue weighted by Crippen LogP contribution is 2.11. The van der Waals surface area contributed by atoms with Crippen LogP contribution in [-0.4, -0.2) is 27.2 Å². The molecule has 6 nitrogen and oxygen atoms in total. The van der Waals surface area contributed by atoms with Crippen molar-refractivity contribution < 1.29 is 9.42 Å². The van der Waals surface area contributed by atoms with E-state index in [1.54, 1.807) is 30.5 Å². The van der Waals surface area contributed by atoms with Crippen molar-refractivity contribution in [2.45, 2.75) is 0 Å². The zero-order valence-corrected chi connectivity index (χ0v) is 7.93. The van der Waals surface area contributed by atoms with Gasteiger partial charge in [-0.25, -0.2) is 4.98 Å². The highest BCUT2D eigenvalue weighted by Gasteiger charge is 2.11. The second-order valence-corrected chi connectivity index (χ2v) is 2.76. The molecule has 2 aromatic heterocycles. The summed E-state index contributed by atoms with van der Waals surface area (Å²) in [6.45, 7) is 0. The molecule has 0 unspecified atom stereocenters. The zero-order chi connectivity index (χ0) is 9.97. The van der Waals surface area contributed by atoms with Gasteiger partial charge >= 0.3 is 12.2 Å². The minimum absolute atomic E-state index is 0.474. The lowest BCUT2D eigenvalue weighted by Gasteiger charge is -1.96. The van der Waals surface area contributed by atoms with Gasteiger partial charge in [-0.15, -0.1) is 0 Å². The van der Waals surface area contributed by atoms with Gasteiger partial charge in [-0.05, 0) is 4.98 Å². The molecule has 0 aliphatic carbocycles. The van der Waals surface area contributed by atoms with Crippen molar-refractivity contribution in [3.8, 4) is 17.4 Å². The first-order chi connectivity index (χ1) is 6.79. The van der Waals surface area contributed by atoms with Crippen LogP contribution < -0.4 is 9.42 Å². The Labute approximate surface area is 80.6 Å². The molecule has 0 saturated heterocycles.